The molecule has 0 aliphatic carbocycles. The molecule has 0 spiro atoms. The molecule has 1 atom stereocenters. The molecule has 1 aliphatic rings. The molecule has 0 saturated carbocycles. The third-order valence-electron chi connectivity index (χ3n) is 2.81. The van der Waals surface area contributed by atoms with Crippen molar-refractivity contribution in [2.45, 2.75) is 32.4 Å². The molecule has 2 rings (SSSR count). The van der Waals surface area contributed by atoms with Crippen LogP contribution in [0.4, 0.5) is 5.82 Å². The molecule has 1 saturated heterocycles. The van der Waals surface area contributed by atoms with Gasteiger partial charge in [0.25, 0.3) is 0 Å². The zero-order valence-electron chi connectivity index (χ0n) is 9.35. The maximum absolute atomic E-state index is 4.33. The molecule has 82 valence electrons. The normalized spacial score (nSPS) is 20.9. The van der Waals surface area contributed by atoms with Crippen LogP contribution in [0.2, 0.25) is 0 Å². The second-order valence-corrected chi connectivity index (χ2v) is 4.22. The third-order valence-corrected chi connectivity index (χ3v) is 2.81. The van der Waals surface area contributed by atoms with Crippen LogP contribution in [-0.2, 0) is 0 Å². The summed E-state index contributed by atoms with van der Waals surface area (Å²) < 4.78 is 0. The highest BCUT2D eigenvalue weighted by atomic mass is 15.3. The Morgan fingerprint density at radius 3 is 2.93 bits per heavy atom. The smallest absolute Gasteiger partial charge is 0.132 e. The van der Waals surface area contributed by atoms with Crippen molar-refractivity contribution in [3.63, 3.8) is 0 Å². The molecule has 1 aromatic heterocycles. The first-order chi connectivity index (χ1) is 7.29. The van der Waals surface area contributed by atoms with Gasteiger partial charge in [-0.3, -0.25) is 0 Å². The van der Waals surface area contributed by atoms with Crippen LogP contribution in [0.15, 0.2) is 18.6 Å². The number of aromatic nitrogens is 2. The van der Waals surface area contributed by atoms with Crippen molar-refractivity contribution in [2.24, 2.45) is 0 Å². The van der Waals surface area contributed by atoms with Crippen molar-refractivity contribution in [3.05, 3.63) is 18.6 Å². The van der Waals surface area contributed by atoms with Crippen LogP contribution < -0.4 is 10.2 Å². The first kappa shape index (κ1) is 10.4. The molecule has 1 fully saturated rings. The number of rotatable bonds is 3. The molecule has 15 heavy (non-hydrogen) atoms. The van der Waals surface area contributed by atoms with Gasteiger partial charge < -0.3 is 10.2 Å². The molecule has 2 heterocycles. The van der Waals surface area contributed by atoms with Crippen LogP contribution in [-0.4, -0.2) is 35.1 Å². The molecule has 4 heteroatoms. The molecule has 4 nitrogen and oxygen atoms in total. The van der Waals surface area contributed by atoms with E-state index in [4.69, 9.17) is 0 Å². The SMILES string of the molecule is CC(C)N(c1ccncn1)C1CCNC1. The predicted octanol–water partition coefficient (Wildman–Crippen LogP) is 1.05. The van der Waals surface area contributed by atoms with E-state index in [9.17, 15) is 0 Å². The quantitative estimate of drug-likeness (QED) is 0.802. The Morgan fingerprint density at radius 1 is 1.53 bits per heavy atom. The van der Waals surface area contributed by atoms with E-state index in [1.807, 2.05) is 6.07 Å². The average Bonchev–Trinajstić information content (AvgIpc) is 2.72. The Morgan fingerprint density at radius 2 is 2.40 bits per heavy atom. The van der Waals surface area contributed by atoms with Crippen LogP contribution in [0.5, 0.6) is 0 Å². The van der Waals surface area contributed by atoms with Gasteiger partial charge in [-0.2, -0.15) is 0 Å². The Bertz CT molecular complexity index is 293. The van der Waals surface area contributed by atoms with Gasteiger partial charge in [0.2, 0.25) is 0 Å². The van der Waals surface area contributed by atoms with Gasteiger partial charge in [-0.25, -0.2) is 9.97 Å². The summed E-state index contributed by atoms with van der Waals surface area (Å²) in [5, 5.41) is 3.39. The van der Waals surface area contributed by atoms with E-state index < -0.39 is 0 Å². The first-order valence-corrected chi connectivity index (χ1v) is 5.54. The monoisotopic (exact) mass is 206 g/mol. The number of hydrogen-bond acceptors (Lipinski definition) is 4. The fourth-order valence-corrected chi connectivity index (χ4v) is 2.19. The second kappa shape index (κ2) is 4.57. The summed E-state index contributed by atoms with van der Waals surface area (Å²) in [4.78, 5) is 10.7. The maximum atomic E-state index is 4.33. The lowest BCUT2D eigenvalue weighted by Crippen LogP contribution is -2.42. The van der Waals surface area contributed by atoms with Crippen LogP contribution in [0.1, 0.15) is 20.3 Å². The molecule has 1 unspecified atom stereocenters. The van der Waals surface area contributed by atoms with E-state index >= 15 is 0 Å². The van der Waals surface area contributed by atoms with Crippen molar-refractivity contribution in [3.8, 4) is 0 Å². The van der Waals surface area contributed by atoms with E-state index in [1.54, 1.807) is 12.5 Å². The summed E-state index contributed by atoms with van der Waals surface area (Å²) in [5.74, 6) is 1.04. The molecular formula is C11H18N4. The third kappa shape index (κ3) is 2.26. The predicted molar refractivity (Wildman–Crippen MR) is 60.9 cm³/mol. The van der Waals surface area contributed by atoms with Gasteiger partial charge in [-0.05, 0) is 32.9 Å². The molecule has 1 aromatic rings. The zero-order chi connectivity index (χ0) is 10.7. The second-order valence-electron chi connectivity index (χ2n) is 4.22. The van der Waals surface area contributed by atoms with E-state index in [0.29, 0.717) is 12.1 Å². The maximum Gasteiger partial charge on any atom is 0.132 e. The summed E-state index contributed by atoms with van der Waals surface area (Å²) in [5.41, 5.74) is 0. The number of anilines is 1. The standard InChI is InChI=1S/C11H18N4/c1-9(2)15(10-3-5-12-7-10)11-4-6-13-8-14-11/h4,6,8-10,12H,3,5,7H2,1-2H3. The lowest BCUT2D eigenvalue weighted by Gasteiger charge is -2.33. The number of hydrogen-bond donors (Lipinski definition) is 1. The Labute approximate surface area is 90.7 Å². The van der Waals surface area contributed by atoms with E-state index in [0.717, 1.165) is 18.9 Å². The highest BCUT2D eigenvalue weighted by Crippen LogP contribution is 2.19. The molecule has 0 bridgehead atoms. The minimum absolute atomic E-state index is 0.477. The van der Waals surface area contributed by atoms with Crippen LogP contribution in [0.3, 0.4) is 0 Å². The Hall–Kier alpha value is -1.16. The summed E-state index contributed by atoms with van der Waals surface area (Å²) >= 11 is 0. The topological polar surface area (TPSA) is 41.1 Å². The van der Waals surface area contributed by atoms with Crippen LogP contribution in [0, 0.1) is 0 Å². The Balaban J connectivity index is 2.19. The lowest BCUT2D eigenvalue weighted by atomic mass is 10.1. The molecule has 1 N–H and O–H groups in total. The molecule has 0 radical (unpaired) electrons. The van der Waals surface area contributed by atoms with Gasteiger partial charge in [0.05, 0.1) is 0 Å². The molecular weight excluding hydrogens is 188 g/mol. The highest BCUT2D eigenvalue weighted by molar-refractivity contribution is 5.39. The summed E-state index contributed by atoms with van der Waals surface area (Å²) in [6.45, 7) is 6.59. The number of nitrogens with zero attached hydrogens (tertiary/aromatic N) is 3. The van der Waals surface area contributed by atoms with Crippen LogP contribution >= 0.6 is 0 Å². The van der Waals surface area contributed by atoms with Crippen LogP contribution in [0.25, 0.3) is 0 Å². The van der Waals surface area contributed by atoms with Gasteiger partial charge in [-0.15, -0.1) is 0 Å². The largest absolute Gasteiger partial charge is 0.350 e. The zero-order valence-corrected chi connectivity index (χ0v) is 9.35. The molecule has 1 aliphatic heterocycles. The minimum atomic E-state index is 0.477. The molecule has 0 amide bonds. The van der Waals surface area contributed by atoms with Crippen molar-refractivity contribution in [1.82, 2.24) is 15.3 Å². The Kier molecular flexibility index (Phi) is 3.16. The highest BCUT2D eigenvalue weighted by Gasteiger charge is 2.25. The van der Waals surface area contributed by atoms with E-state index in [1.165, 1.54) is 6.42 Å². The van der Waals surface area contributed by atoms with Crippen molar-refractivity contribution in [2.75, 3.05) is 18.0 Å². The lowest BCUT2D eigenvalue weighted by molar-refractivity contribution is 0.566. The fraction of sp³-hybridized carbons (Fsp3) is 0.636. The van der Waals surface area contributed by atoms with E-state index in [-0.39, 0.29) is 0 Å². The average molecular weight is 206 g/mol. The van der Waals surface area contributed by atoms with Gasteiger partial charge in [0.1, 0.15) is 12.1 Å². The fourth-order valence-electron chi connectivity index (χ4n) is 2.19. The molecule has 0 aromatic carbocycles. The van der Waals surface area contributed by atoms with Crippen molar-refractivity contribution >= 4 is 5.82 Å². The summed E-state index contributed by atoms with van der Waals surface area (Å²) in [7, 11) is 0. The minimum Gasteiger partial charge on any atom is -0.350 e. The van der Waals surface area contributed by atoms with E-state index in [2.05, 4.69) is 34.0 Å². The van der Waals surface area contributed by atoms with Gasteiger partial charge in [0.15, 0.2) is 0 Å². The van der Waals surface area contributed by atoms with Gasteiger partial charge in [0, 0.05) is 24.8 Å². The van der Waals surface area contributed by atoms with Crippen molar-refractivity contribution < 1.29 is 0 Å². The number of nitrogens with one attached hydrogen (secondary N) is 1. The van der Waals surface area contributed by atoms with Gasteiger partial charge in [-0.1, -0.05) is 0 Å². The summed E-state index contributed by atoms with van der Waals surface area (Å²) in [6, 6.07) is 3.03. The first-order valence-electron chi connectivity index (χ1n) is 5.54. The van der Waals surface area contributed by atoms with Gasteiger partial charge >= 0.3 is 0 Å². The summed E-state index contributed by atoms with van der Waals surface area (Å²) in [6.07, 6.45) is 4.62. The van der Waals surface area contributed by atoms with Crippen molar-refractivity contribution in [1.29, 1.82) is 0 Å².